The van der Waals surface area contributed by atoms with E-state index >= 15 is 0 Å². The third kappa shape index (κ3) is 4.06. The minimum atomic E-state index is -0.249. The zero-order valence-corrected chi connectivity index (χ0v) is 20.4. The van der Waals surface area contributed by atoms with Gasteiger partial charge in [-0.2, -0.15) is 0 Å². The Morgan fingerprint density at radius 2 is 1.94 bits per heavy atom. The second-order valence-electron chi connectivity index (χ2n) is 7.92. The average molecular weight is 489 g/mol. The van der Waals surface area contributed by atoms with E-state index in [0.717, 1.165) is 49.0 Å². The van der Waals surface area contributed by atoms with E-state index in [1.165, 1.54) is 11.3 Å². The lowest BCUT2D eigenvalue weighted by atomic mass is 9.96. The third-order valence-corrected chi connectivity index (χ3v) is 6.90. The summed E-state index contributed by atoms with van der Waals surface area (Å²) in [6.07, 6.45) is 3.31. The van der Waals surface area contributed by atoms with Crippen LogP contribution in [0.25, 0.3) is 37.9 Å². The van der Waals surface area contributed by atoms with Crippen LogP contribution >= 0.6 is 22.9 Å². The van der Waals surface area contributed by atoms with Gasteiger partial charge < -0.3 is 9.15 Å². The number of anilines is 1. The molecule has 2 heterocycles. The van der Waals surface area contributed by atoms with Gasteiger partial charge >= 0.3 is 0 Å². The first-order chi connectivity index (χ1) is 16.4. The quantitative estimate of drug-likeness (QED) is 0.257. The van der Waals surface area contributed by atoms with Crippen LogP contribution in [0.15, 0.2) is 71.4 Å². The topological polar surface area (TPSA) is 64.4 Å². The SMILES string of the molecule is COc1c(/C(C)=C/C(=O)Nc2nc3ccccc3s2)cc2c(-c3ccc(Cl)cc3)coc2c1C. The van der Waals surface area contributed by atoms with Crippen LogP contribution in [-0.4, -0.2) is 18.0 Å². The molecule has 1 N–H and O–H groups in total. The van der Waals surface area contributed by atoms with E-state index in [1.54, 1.807) is 19.4 Å². The molecule has 170 valence electrons. The Morgan fingerprint density at radius 1 is 1.18 bits per heavy atom. The lowest BCUT2D eigenvalue weighted by molar-refractivity contribution is -0.111. The number of hydrogen-bond acceptors (Lipinski definition) is 5. The molecule has 0 spiro atoms. The van der Waals surface area contributed by atoms with Crippen LogP contribution in [0.5, 0.6) is 5.75 Å². The summed E-state index contributed by atoms with van der Waals surface area (Å²) >= 11 is 7.51. The Morgan fingerprint density at radius 3 is 2.68 bits per heavy atom. The van der Waals surface area contributed by atoms with Crippen LogP contribution in [-0.2, 0) is 4.79 Å². The highest BCUT2D eigenvalue weighted by molar-refractivity contribution is 7.22. The zero-order valence-electron chi connectivity index (χ0n) is 18.8. The molecular formula is C27H21ClN2O3S. The number of furan rings is 1. The summed E-state index contributed by atoms with van der Waals surface area (Å²) in [7, 11) is 1.62. The van der Waals surface area contributed by atoms with Crippen molar-refractivity contribution in [1.29, 1.82) is 0 Å². The maximum absolute atomic E-state index is 12.8. The summed E-state index contributed by atoms with van der Waals surface area (Å²) in [5, 5.41) is 5.06. The monoisotopic (exact) mass is 488 g/mol. The molecule has 7 heteroatoms. The van der Waals surface area contributed by atoms with E-state index in [1.807, 2.05) is 68.4 Å². The maximum atomic E-state index is 12.8. The van der Waals surface area contributed by atoms with Gasteiger partial charge in [-0.05, 0) is 55.3 Å². The van der Waals surface area contributed by atoms with Crippen molar-refractivity contribution in [3.63, 3.8) is 0 Å². The van der Waals surface area contributed by atoms with Crippen molar-refractivity contribution in [2.75, 3.05) is 12.4 Å². The van der Waals surface area contributed by atoms with Gasteiger partial charge in [0, 0.05) is 33.2 Å². The van der Waals surface area contributed by atoms with E-state index < -0.39 is 0 Å². The minimum absolute atomic E-state index is 0.249. The molecule has 5 aromatic rings. The van der Waals surface area contributed by atoms with Gasteiger partial charge in [-0.25, -0.2) is 4.98 Å². The molecule has 0 aliphatic heterocycles. The summed E-state index contributed by atoms with van der Waals surface area (Å²) in [5.41, 5.74) is 6.01. The van der Waals surface area contributed by atoms with Crippen molar-refractivity contribution < 1.29 is 13.9 Å². The smallest absolute Gasteiger partial charge is 0.250 e. The van der Waals surface area contributed by atoms with Crippen molar-refractivity contribution in [2.24, 2.45) is 0 Å². The van der Waals surface area contributed by atoms with Crippen LogP contribution in [0.2, 0.25) is 5.02 Å². The summed E-state index contributed by atoms with van der Waals surface area (Å²) in [4.78, 5) is 17.3. The molecule has 0 aliphatic rings. The number of methoxy groups -OCH3 is 1. The highest BCUT2D eigenvalue weighted by Crippen LogP contribution is 2.40. The van der Waals surface area contributed by atoms with Gasteiger partial charge in [-0.15, -0.1) is 0 Å². The number of para-hydroxylation sites is 1. The molecule has 2 aromatic heterocycles. The maximum Gasteiger partial charge on any atom is 0.250 e. The average Bonchev–Trinajstić information content (AvgIpc) is 3.43. The number of amides is 1. The molecule has 0 radical (unpaired) electrons. The van der Waals surface area contributed by atoms with E-state index in [9.17, 15) is 4.79 Å². The second kappa shape index (κ2) is 8.97. The number of nitrogens with zero attached hydrogens (tertiary/aromatic N) is 1. The molecule has 0 saturated heterocycles. The molecular weight excluding hydrogens is 468 g/mol. The number of rotatable bonds is 5. The molecule has 34 heavy (non-hydrogen) atoms. The van der Waals surface area contributed by atoms with Crippen LogP contribution in [0.4, 0.5) is 5.13 Å². The summed E-state index contributed by atoms with van der Waals surface area (Å²) in [6.45, 7) is 3.84. The first kappa shape index (κ1) is 22.2. The van der Waals surface area contributed by atoms with Crippen LogP contribution in [0.1, 0.15) is 18.1 Å². The number of thiazole rings is 1. The Kier molecular flexibility index (Phi) is 5.86. The van der Waals surface area contributed by atoms with Crippen molar-refractivity contribution >= 4 is 60.7 Å². The Bertz CT molecular complexity index is 1530. The number of benzene rings is 3. The standard InChI is InChI=1S/C27H21ClN2O3S/c1-15(12-24(31)30-27-29-22-6-4-5-7-23(22)34-27)19-13-20-21(17-8-10-18(28)11-9-17)14-33-26(20)16(2)25(19)32-3/h4-14H,1-3H3,(H,29,30,31)/b15-12+. The number of nitrogens with one attached hydrogen (secondary N) is 1. The lowest BCUT2D eigenvalue weighted by Crippen LogP contribution is -2.08. The van der Waals surface area contributed by atoms with Gasteiger partial charge in [-0.1, -0.05) is 47.2 Å². The van der Waals surface area contributed by atoms with Crippen molar-refractivity contribution in [3.8, 4) is 16.9 Å². The summed E-state index contributed by atoms with van der Waals surface area (Å²) in [6, 6.07) is 17.4. The van der Waals surface area contributed by atoms with Crippen LogP contribution in [0, 0.1) is 6.92 Å². The van der Waals surface area contributed by atoms with Gasteiger partial charge in [0.05, 0.1) is 23.6 Å². The number of fused-ring (bicyclic) bond motifs is 2. The number of hydrogen-bond donors (Lipinski definition) is 1. The fourth-order valence-electron chi connectivity index (χ4n) is 4.07. The predicted octanol–water partition coefficient (Wildman–Crippen LogP) is 7.72. The first-order valence-electron chi connectivity index (χ1n) is 10.6. The van der Waals surface area contributed by atoms with Gasteiger partial charge in [-0.3, -0.25) is 10.1 Å². The molecule has 0 bridgehead atoms. The van der Waals surface area contributed by atoms with Gasteiger partial charge in [0.2, 0.25) is 5.91 Å². The molecule has 0 saturated carbocycles. The second-order valence-corrected chi connectivity index (χ2v) is 9.39. The van der Waals surface area contributed by atoms with Crippen LogP contribution < -0.4 is 10.1 Å². The molecule has 0 fully saturated rings. The largest absolute Gasteiger partial charge is 0.496 e. The minimum Gasteiger partial charge on any atom is -0.496 e. The summed E-state index contributed by atoms with van der Waals surface area (Å²) < 4.78 is 12.7. The first-order valence-corrected chi connectivity index (χ1v) is 11.8. The van der Waals surface area contributed by atoms with E-state index in [0.29, 0.717) is 15.9 Å². The van der Waals surface area contributed by atoms with Gasteiger partial charge in [0.1, 0.15) is 11.3 Å². The number of carbonyl (C=O) groups is 1. The van der Waals surface area contributed by atoms with Crippen molar-refractivity contribution in [2.45, 2.75) is 13.8 Å². The van der Waals surface area contributed by atoms with E-state index in [-0.39, 0.29) is 5.91 Å². The molecule has 5 nitrogen and oxygen atoms in total. The van der Waals surface area contributed by atoms with Gasteiger partial charge in [0.15, 0.2) is 5.13 Å². The molecule has 3 aromatic carbocycles. The zero-order chi connectivity index (χ0) is 23.8. The Hall–Kier alpha value is -3.61. The van der Waals surface area contributed by atoms with Crippen LogP contribution in [0.3, 0.4) is 0 Å². The molecule has 0 aliphatic carbocycles. The molecule has 5 rings (SSSR count). The van der Waals surface area contributed by atoms with Crippen molar-refractivity contribution in [3.05, 3.63) is 83.1 Å². The van der Waals surface area contributed by atoms with E-state index in [4.69, 9.17) is 20.8 Å². The number of aromatic nitrogens is 1. The lowest BCUT2D eigenvalue weighted by Gasteiger charge is -2.13. The highest BCUT2D eigenvalue weighted by Gasteiger charge is 2.19. The molecule has 0 atom stereocenters. The number of carbonyl (C=O) groups excluding carboxylic acids is 1. The number of allylic oxidation sites excluding steroid dienone is 1. The fraction of sp³-hybridized carbons (Fsp3) is 0.111. The van der Waals surface area contributed by atoms with Crippen molar-refractivity contribution in [1.82, 2.24) is 4.98 Å². The van der Waals surface area contributed by atoms with Gasteiger partial charge in [0.25, 0.3) is 0 Å². The fourth-order valence-corrected chi connectivity index (χ4v) is 5.06. The summed E-state index contributed by atoms with van der Waals surface area (Å²) in [5.74, 6) is 0.424. The Balaban J connectivity index is 1.53. The Labute approximate surface area is 205 Å². The predicted molar refractivity (Wildman–Crippen MR) is 140 cm³/mol. The highest BCUT2D eigenvalue weighted by atomic mass is 35.5. The number of ether oxygens (including phenoxy) is 1. The molecule has 1 amide bonds. The normalized spacial score (nSPS) is 11.8. The number of halogens is 1. The van der Waals surface area contributed by atoms with E-state index in [2.05, 4.69) is 10.3 Å². The number of aryl methyl sites for hydroxylation is 1. The molecule has 0 unspecified atom stereocenters. The third-order valence-electron chi connectivity index (χ3n) is 5.70.